The first-order valence-corrected chi connectivity index (χ1v) is 0. The van der Waals surface area contributed by atoms with Gasteiger partial charge in [-0.3, -0.25) is 0 Å². The van der Waals surface area contributed by atoms with Crippen molar-refractivity contribution in [2.75, 3.05) is 0 Å². The van der Waals surface area contributed by atoms with Gasteiger partial charge in [-0.05, 0) is 0 Å². The molecule has 1 radical (unpaired) electrons. The van der Waals surface area contributed by atoms with Crippen LogP contribution in [0.1, 0.15) is 0 Å². The zero-order chi connectivity index (χ0) is 4.00. The second-order valence-electron chi connectivity index (χ2n) is 0. The number of hydrogen-bond donors (Lipinski definition) is 0. The molecule has 0 nitrogen and oxygen atoms in total. The van der Waals surface area contributed by atoms with E-state index in [1.54, 1.807) is 19.7 Å². The predicted molar refractivity (Wildman–Crippen MR) is 28.6 cm³/mol. The Balaban J connectivity index is -0.00000000500. The first kappa shape index (κ1) is 9.21. The van der Waals surface area contributed by atoms with Crippen LogP contribution in [-0.2, 0) is 25.8 Å². The molecule has 2 atom stereocenters. The summed E-state index contributed by atoms with van der Waals surface area (Å²) >= 11 is 0. The summed E-state index contributed by atoms with van der Waals surface area (Å²) in [6.45, 7) is 0. The Bertz CT molecular complexity index is 11.5. The second-order valence-corrected chi connectivity index (χ2v) is 0. The molecule has 2 unspecified atom stereocenters. The largest absolute Gasteiger partial charge is 0.358 e. The van der Waals surface area contributed by atoms with Gasteiger partial charge in [-0.15, -0.1) is 0 Å². The number of hydrogen-bond acceptors (Lipinski definition) is 0. The molecule has 0 fully saturated rings. The summed E-state index contributed by atoms with van der Waals surface area (Å²) < 4.78 is 11.3. The third kappa shape index (κ3) is 9.29. The average Bonchev–Trinajstić information content (AvgIpc) is 1.50. The Morgan fingerprint density at radius 2 is 1.25 bits per heavy atom. The van der Waals surface area contributed by atoms with Crippen molar-refractivity contribution in [1.82, 2.24) is 0 Å². The molecule has 0 aliphatic carbocycles. The van der Waals surface area contributed by atoms with E-state index in [0.717, 1.165) is 0 Å². The van der Waals surface area contributed by atoms with Gasteiger partial charge >= 0.3 is 0 Å². The fourth-order valence-electron chi connectivity index (χ4n) is 0. The summed E-state index contributed by atoms with van der Waals surface area (Å²) in [7, 11) is 3.33. The van der Waals surface area contributed by atoms with Crippen LogP contribution in [-0.4, -0.2) is 2.56 Å². The van der Waals surface area contributed by atoms with Gasteiger partial charge in [-0.1, -0.05) is 0 Å². The molecule has 0 saturated heterocycles. The van der Waals surface area contributed by atoms with E-state index in [1.807, 2.05) is 0 Å². The van der Waals surface area contributed by atoms with E-state index in [2.05, 4.69) is 0 Å². The first-order valence-electron chi connectivity index (χ1n) is 1.15. The van der Waals surface area contributed by atoms with Gasteiger partial charge in [0.05, 0.1) is 2.56 Å². The zero-order valence-corrected chi connectivity index (χ0v) is 6.84. The van der Waals surface area contributed by atoms with E-state index in [0.29, 0.717) is 0 Å². The van der Waals surface area contributed by atoms with Gasteiger partial charge in [0.1, 0.15) is 0 Å². The standard InChI is InChI=1S/CH3.2H3P.Sc/h3*1H3;/q-1;;;/i;2*1D;. The molecule has 0 aliphatic heterocycles. The van der Waals surface area contributed by atoms with E-state index in [1.165, 1.54) is 0 Å². The minimum absolute atomic E-state index is 0. The molecule has 0 spiro atoms. The smallest absolute Gasteiger partial charge is 0.0511 e. The van der Waals surface area contributed by atoms with Crippen molar-refractivity contribution >= 4 is 19.7 Å². The van der Waals surface area contributed by atoms with Crippen LogP contribution < -0.4 is 0 Å². The number of rotatable bonds is 0. The molecule has 0 rings (SSSR count). The summed E-state index contributed by atoms with van der Waals surface area (Å²) in [6.07, 6.45) is 0. The van der Waals surface area contributed by atoms with Crippen LogP contribution in [0.2, 0.25) is 0 Å². The van der Waals surface area contributed by atoms with Crippen LogP contribution in [0.4, 0.5) is 0 Å². The van der Waals surface area contributed by atoms with Gasteiger partial charge in [0.2, 0.25) is 0 Å². The molecule has 4 heavy (non-hydrogen) atoms. The molecule has 0 aromatic rings. The van der Waals surface area contributed by atoms with E-state index in [9.17, 15) is 0 Å². The third-order valence-corrected chi connectivity index (χ3v) is 0. The molecule has 0 aromatic heterocycles. The van der Waals surface area contributed by atoms with Gasteiger partial charge < -0.3 is 7.43 Å². The van der Waals surface area contributed by atoms with Crippen molar-refractivity contribution in [2.45, 2.75) is 0 Å². The predicted octanol–water partition coefficient (Wildman–Crippen LogP) is 0.564. The molecule has 0 aliphatic rings. The summed E-state index contributed by atoms with van der Waals surface area (Å²) in [5, 5.41) is 0. The van der Waals surface area contributed by atoms with Gasteiger partial charge in [-0.2, -0.15) is 19.7 Å². The Kier molecular flexibility index (Phi) is 50.6. The Hall–Kier alpha value is 1.73. The molecule has 0 N–H and O–H groups in total. The van der Waals surface area contributed by atoms with Crippen LogP contribution in [0.3, 0.4) is 0 Å². The zero-order valence-electron chi connectivity index (χ0n) is 4.73. The van der Waals surface area contributed by atoms with Gasteiger partial charge in [0.25, 0.3) is 0 Å². The third-order valence-electron chi connectivity index (χ3n) is 0. The molecule has 0 bridgehead atoms. The molecule has 0 saturated carbocycles. The van der Waals surface area contributed by atoms with Crippen molar-refractivity contribution in [2.24, 2.45) is 0 Å². The summed E-state index contributed by atoms with van der Waals surface area (Å²) in [4.78, 5) is 0. The molecule has 0 aromatic carbocycles. The molecule has 27 valence electrons. The van der Waals surface area contributed by atoms with Gasteiger partial charge in [-0.25, -0.2) is 0 Å². The average molecular weight is 130 g/mol. The van der Waals surface area contributed by atoms with Crippen molar-refractivity contribution in [1.29, 1.82) is 2.56 Å². The van der Waals surface area contributed by atoms with Crippen LogP contribution in [0.25, 0.3) is 0 Å². The van der Waals surface area contributed by atoms with E-state index in [-0.39, 0.29) is 33.3 Å². The van der Waals surface area contributed by atoms with Crippen LogP contribution >= 0.6 is 19.7 Å². The van der Waals surface area contributed by atoms with Gasteiger partial charge in [0.15, 0.2) is 0 Å². The minimum atomic E-state index is 0. The Labute approximate surface area is 55.7 Å². The summed E-state index contributed by atoms with van der Waals surface area (Å²) in [5.41, 5.74) is 0. The molecule has 0 amide bonds. The van der Waals surface area contributed by atoms with E-state index < -0.39 is 0 Å². The van der Waals surface area contributed by atoms with Crippen LogP contribution in [0, 0.1) is 7.43 Å². The van der Waals surface area contributed by atoms with Crippen molar-refractivity contribution in [3.05, 3.63) is 7.43 Å². The molecular formula is CH9P2Sc-. The second kappa shape index (κ2) is 22.0. The minimum Gasteiger partial charge on any atom is -0.358 e. The fourth-order valence-corrected chi connectivity index (χ4v) is 0. The maximum Gasteiger partial charge on any atom is 0.0511 e. The normalized spacial score (nSPS) is 3.50. The van der Waals surface area contributed by atoms with Crippen molar-refractivity contribution in [3.8, 4) is 0 Å². The first-order chi connectivity index (χ1) is 2.00. The maximum absolute atomic E-state index is 5.67. The topological polar surface area (TPSA) is 0 Å². The van der Waals surface area contributed by atoms with Gasteiger partial charge in [0, 0.05) is 25.8 Å². The molecule has 0 heterocycles. The quantitative estimate of drug-likeness (QED) is 0.332. The van der Waals surface area contributed by atoms with Crippen LogP contribution in [0.15, 0.2) is 0 Å². The Morgan fingerprint density at radius 3 is 1.25 bits per heavy atom. The van der Waals surface area contributed by atoms with E-state index >= 15 is 0 Å². The van der Waals surface area contributed by atoms with Crippen molar-refractivity contribution in [3.63, 3.8) is 0 Å². The summed E-state index contributed by atoms with van der Waals surface area (Å²) in [6, 6.07) is 0. The monoisotopic (exact) mass is 130 g/mol. The SMILES string of the molecule is [2H]P.[2H]P.[CH3-].[Sc]. The molecular weight excluding hydrogens is 119 g/mol. The fraction of sp³-hybridized carbons (Fsp3) is 0. The van der Waals surface area contributed by atoms with Crippen LogP contribution in [0.5, 0.6) is 0 Å². The van der Waals surface area contributed by atoms with E-state index in [4.69, 9.17) is 2.56 Å². The molecule has 3 heteroatoms. The summed E-state index contributed by atoms with van der Waals surface area (Å²) in [5.74, 6) is 0. The Morgan fingerprint density at radius 1 is 1.25 bits per heavy atom. The van der Waals surface area contributed by atoms with Crippen molar-refractivity contribution < 1.29 is 25.8 Å². The maximum atomic E-state index is 5.67.